The zero-order valence-electron chi connectivity index (χ0n) is 29.0. The minimum atomic E-state index is 0.666. The Labute approximate surface area is 305 Å². The highest BCUT2D eigenvalue weighted by Gasteiger charge is 2.21. The summed E-state index contributed by atoms with van der Waals surface area (Å²) in [5.74, 6) is 0.666. The Hall–Kier alpha value is -7.04. The van der Waals surface area contributed by atoms with Gasteiger partial charge in [-0.1, -0.05) is 133 Å². The van der Waals surface area contributed by atoms with Gasteiger partial charge in [-0.2, -0.15) is 0 Å². The molecule has 11 rings (SSSR count). The van der Waals surface area contributed by atoms with E-state index in [2.05, 4.69) is 192 Å². The molecule has 53 heavy (non-hydrogen) atoms. The van der Waals surface area contributed by atoms with E-state index in [4.69, 9.17) is 9.97 Å². The highest BCUT2D eigenvalue weighted by Crippen LogP contribution is 2.43. The van der Waals surface area contributed by atoms with Gasteiger partial charge in [0.2, 0.25) is 5.95 Å². The molecule has 0 amide bonds. The van der Waals surface area contributed by atoms with Crippen molar-refractivity contribution in [1.82, 2.24) is 19.1 Å². The Balaban J connectivity index is 1.18. The van der Waals surface area contributed by atoms with Crippen LogP contribution in [-0.2, 0) is 0 Å². The molecule has 0 N–H and O–H groups in total. The predicted octanol–water partition coefficient (Wildman–Crippen LogP) is 12.6. The number of benzene rings is 8. The van der Waals surface area contributed by atoms with Gasteiger partial charge < -0.3 is 4.57 Å². The van der Waals surface area contributed by atoms with Crippen molar-refractivity contribution in [3.63, 3.8) is 0 Å². The van der Waals surface area contributed by atoms with Crippen LogP contribution in [0.1, 0.15) is 5.56 Å². The molecule has 11 aromatic rings. The normalized spacial score (nSPS) is 11.9. The SMILES string of the molecule is Cc1ccc(-c2nc(-n3c4ccccc4c4cc(-c5cc6c7ccccc7n(-c7ccccc7)c6c6ccccc56)ccc43)nc3ccccc23)cc1. The first-order chi connectivity index (χ1) is 26.2. The summed E-state index contributed by atoms with van der Waals surface area (Å²) in [7, 11) is 0. The molecule has 3 heterocycles. The Morgan fingerprint density at radius 3 is 1.75 bits per heavy atom. The van der Waals surface area contributed by atoms with Crippen molar-refractivity contribution in [3.8, 4) is 34.0 Å². The summed E-state index contributed by atoms with van der Waals surface area (Å²) in [4.78, 5) is 10.5. The van der Waals surface area contributed by atoms with Crippen LogP contribution in [0.15, 0.2) is 176 Å². The quantitative estimate of drug-likeness (QED) is 0.186. The van der Waals surface area contributed by atoms with E-state index in [0.29, 0.717) is 5.95 Å². The standard InChI is InChI=1S/C49H32N4/c1-31-23-25-32(26-24-31)47-39-19-7-10-20-43(39)50-49(51-47)53-45-22-12-8-16-36(45)41-29-33(27-28-46(41)53)40-30-42-37-17-9-11-21-44(37)52(34-13-3-2-4-14-34)48(42)38-18-6-5-15-35(38)40/h2-30H,1H3. The molecule has 0 unspecified atom stereocenters. The summed E-state index contributed by atoms with van der Waals surface area (Å²) in [5.41, 5.74) is 12.3. The fourth-order valence-electron chi connectivity index (χ4n) is 8.36. The minimum absolute atomic E-state index is 0.666. The van der Waals surface area contributed by atoms with Crippen molar-refractivity contribution >= 4 is 65.3 Å². The maximum absolute atomic E-state index is 5.30. The molecular formula is C49H32N4. The van der Waals surface area contributed by atoms with Crippen molar-refractivity contribution in [2.24, 2.45) is 0 Å². The molecule has 0 atom stereocenters. The van der Waals surface area contributed by atoms with Crippen LogP contribution in [0, 0.1) is 6.92 Å². The molecule has 0 aliphatic carbocycles. The average Bonchev–Trinajstić information content (AvgIpc) is 3.73. The van der Waals surface area contributed by atoms with E-state index >= 15 is 0 Å². The van der Waals surface area contributed by atoms with Crippen molar-refractivity contribution < 1.29 is 0 Å². The third kappa shape index (κ3) is 4.49. The number of fused-ring (bicyclic) bond motifs is 9. The first kappa shape index (κ1) is 29.7. The number of hydrogen-bond donors (Lipinski definition) is 0. The molecule has 8 aromatic carbocycles. The Morgan fingerprint density at radius 1 is 0.396 bits per heavy atom. The summed E-state index contributed by atoms with van der Waals surface area (Å²) >= 11 is 0. The molecule has 0 fully saturated rings. The van der Waals surface area contributed by atoms with Gasteiger partial charge in [-0.25, -0.2) is 9.97 Å². The van der Waals surface area contributed by atoms with E-state index in [1.54, 1.807) is 0 Å². The van der Waals surface area contributed by atoms with Gasteiger partial charge >= 0.3 is 0 Å². The van der Waals surface area contributed by atoms with Gasteiger partial charge in [-0.15, -0.1) is 0 Å². The summed E-state index contributed by atoms with van der Waals surface area (Å²) in [6.07, 6.45) is 0. The van der Waals surface area contributed by atoms with Crippen LogP contribution in [0.25, 0.3) is 99.3 Å². The van der Waals surface area contributed by atoms with Crippen LogP contribution in [0.2, 0.25) is 0 Å². The van der Waals surface area contributed by atoms with Crippen molar-refractivity contribution in [1.29, 1.82) is 0 Å². The third-order valence-electron chi connectivity index (χ3n) is 10.8. The fourth-order valence-corrected chi connectivity index (χ4v) is 8.36. The Kier molecular flexibility index (Phi) is 6.43. The van der Waals surface area contributed by atoms with Gasteiger partial charge in [0.05, 0.1) is 33.3 Å². The van der Waals surface area contributed by atoms with Crippen molar-refractivity contribution in [2.75, 3.05) is 0 Å². The second-order valence-electron chi connectivity index (χ2n) is 13.9. The molecule has 4 heteroatoms. The topological polar surface area (TPSA) is 35.6 Å². The second-order valence-corrected chi connectivity index (χ2v) is 13.9. The molecule has 0 saturated carbocycles. The van der Waals surface area contributed by atoms with Gasteiger partial charge in [0.1, 0.15) is 0 Å². The lowest BCUT2D eigenvalue weighted by Gasteiger charge is -2.13. The Morgan fingerprint density at radius 2 is 0.981 bits per heavy atom. The number of nitrogens with zero attached hydrogens (tertiary/aromatic N) is 4. The fraction of sp³-hybridized carbons (Fsp3) is 0.0204. The zero-order chi connectivity index (χ0) is 35.0. The number of aromatic nitrogens is 4. The molecule has 0 bridgehead atoms. The lowest BCUT2D eigenvalue weighted by molar-refractivity contribution is 1.01. The first-order valence-corrected chi connectivity index (χ1v) is 18.1. The van der Waals surface area contributed by atoms with Gasteiger partial charge in [-0.3, -0.25) is 4.57 Å². The van der Waals surface area contributed by atoms with Crippen molar-refractivity contribution in [2.45, 2.75) is 6.92 Å². The summed E-state index contributed by atoms with van der Waals surface area (Å²) < 4.78 is 4.65. The molecule has 0 radical (unpaired) electrons. The van der Waals surface area contributed by atoms with E-state index in [1.807, 2.05) is 0 Å². The van der Waals surface area contributed by atoms with E-state index in [0.717, 1.165) is 38.9 Å². The molecule has 0 spiro atoms. The number of rotatable bonds is 4. The number of para-hydroxylation sites is 4. The maximum atomic E-state index is 5.30. The molecule has 3 aromatic heterocycles. The Bertz CT molecular complexity index is 3220. The van der Waals surface area contributed by atoms with Crippen LogP contribution in [-0.4, -0.2) is 19.1 Å². The van der Waals surface area contributed by atoms with Gasteiger partial charge in [-0.05, 0) is 72.0 Å². The summed E-state index contributed by atoms with van der Waals surface area (Å²) in [6.45, 7) is 2.11. The molecular weight excluding hydrogens is 645 g/mol. The van der Waals surface area contributed by atoms with Gasteiger partial charge in [0.25, 0.3) is 0 Å². The van der Waals surface area contributed by atoms with Crippen LogP contribution < -0.4 is 0 Å². The monoisotopic (exact) mass is 676 g/mol. The maximum Gasteiger partial charge on any atom is 0.235 e. The highest BCUT2D eigenvalue weighted by atomic mass is 15.2. The van der Waals surface area contributed by atoms with Crippen LogP contribution in [0.4, 0.5) is 0 Å². The van der Waals surface area contributed by atoms with E-state index in [1.165, 1.54) is 60.0 Å². The van der Waals surface area contributed by atoms with E-state index in [-0.39, 0.29) is 0 Å². The minimum Gasteiger partial charge on any atom is -0.309 e. The largest absolute Gasteiger partial charge is 0.309 e. The van der Waals surface area contributed by atoms with Gasteiger partial charge in [0, 0.05) is 43.6 Å². The smallest absolute Gasteiger partial charge is 0.235 e. The van der Waals surface area contributed by atoms with Crippen LogP contribution in [0.5, 0.6) is 0 Å². The lowest BCUT2D eigenvalue weighted by Crippen LogP contribution is -2.03. The summed E-state index contributed by atoms with van der Waals surface area (Å²) in [6, 6.07) is 63.1. The molecule has 0 saturated heterocycles. The van der Waals surface area contributed by atoms with Crippen LogP contribution in [0.3, 0.4) is 0 Å². The van der Waals surface area contributed by atoms with E-state index < -0.39 is 0 Å². The number of hydrogen-bond acceptors (Lipinski definition) is 2. The highest BCUT2D eigenvalue weighted by molar-refractivity contribution is 6.22. The average molecular weight is 677 g/mol. The molecule has 4 nitrogen and oxygen atoms in total. The number of aryl methyl sites for hydroxylation is 1. The molecule has 248 valence electrons. The second kappa shape index (κ2) is 11.5. The zero-order valence-corrected chi connectivity index (χ0v) is 29.0. The summed E-state index contributed by atoms with van der Waals surface area (Å²) in [5, 5.41) is 8.33. The van der Waals surface area contributed by atoms with Gasteiger partial charge in [0.15, 0.2) is 0 Å². The van der Waals surface area contributed by atoms with Crippen molar-refractivity contribution in [3.05, 3.63) is 181 Å². The lowest BCUT2D eigenvalue weighted by atomic mass is 9.94. The third-order valence-corrected chi connectivity index (χ3v) is 10.8. The first-order valence-electron chi connectivity index (χ1n) is 18.1. The van der Waals surface area contributed by atoms with Crippen LogP contribution >= 0.6 is 0 Å². The molecule has 0 aliphatic heterocycles. The van der Waals surface area contributed by atoms with E-state index in [9.17, 15) is 0 Å². The molecule has 0 aliphatic rings. The predicted molar refractivity (Wildman–Crippen MR) is 221 cm³/mol.